The molecule has 0 aliphatic rings. The van der Waals surface area contributed by atoms with Gasteiger partial charge in [-0.1, -0.05) is 25.7 Å². The summed E-state index contributed by atoms with van der Waals surface area (Å²) >= 11 is 2.19. The predicted molar refractivity (Wildman–Crippen MR) is 158 cm³/mol. The molecule has 2 N–H and O–H groups in total. The minimum absolute atomic E-state index is 0.0202. The van der Waals surface area contributed by atoms with Crippen molar-refractivity contribution in [3.05, 3.63) is 51.6 Å². The van der Waals surface area contributed by atoms with Crippen molar-refractivity contribution in [3.63, 3.8) is 0 Å². The summed E-state index contributed by atoms with van der Waals surface area (Å²) in [5.41, 5.74) is 0.259. The summed E-state index contributed by atoms with van der Waals surface area (Å²) < 4.78 is 34.8. The monoisotopic (exact) mass is 671 g/mol. The molecule has 2 aromatic heterocycles. The van der Waals surface area contributed by atoms with Gasteiger partial charge in [-0.3, -0.25) is 0 Å². The Kier molecular flexibility index (Phi) is 9.99. The van der Waals surface area contributed by atoms with Crippen LogP contribution < -0.4 is 10.1 Å². The van der Waals surface area contributed by atoms with E-state index in [0.717, 1.165) is 15.0 Å². The molecule has 0 fully saturated rings. The van der Waals surface area contributed by atoms with Crippen molar-refractivity contribution in [3.8, 4) is 11.5 Å². The quantitative estimate of drug-likeness (QED) is 0.138. The van der Waals surface area contributed by atoms with E-state index in [9.17, 15) is 14.7 Å². The van der Waals surface area contributed by atoms with Crippen LogP contribution in [0.1, 0.15) is 26.3 Å². The Morgan fingerprint density at radius 2 is 1.92 bits per heavy atom. The molecule has 0 aliphatic carbocycles. The molecule has 0 saturated carbocycles. The fourth-order valence-electron chi connectivity index (χ4n) is 3.62. The topological polar surface area (TPSA) is 112 Å². The molecule has 0 saturated heterocycles. The molecule has 0 spiro atoms. The number of pyridine rings is 1. The van der Waals surface area contributed by atoms with Gasteiger partial charge in [0, 0.05) is 37.1 Å². The van der Waals surface area contributed by atoms with Gasteiger partial charge in [0.05, 0.1) is 5.39 Å². The maximum Gasteiger partial charge on any atom is 0.408 e. The number of aromatic nitrogens is 2. The first kappa shape index (κ1) is 30.8. The van der Waals surface area contributed by atoms with Gasteiger partial charge in [0.1, 0.15) is 29.8 Å². The van der Waals surface area contributed by atoms with E-state index in [2.05, 4.69) is 52.5 Å². The van der Waals surface area contributed by atoms with Crippen molar-refractivity contribution in [2.45, 2.75) is 71.3 Å². The molecular formula is C27H35FIN3O6Si. The molecule has 12 heteroatoms. The van der Waals surface area contributed by atoms with Crippen LogP contribution in [0.3, 0.4) is 0 Å². The molecule has 1 aromatic carbocycles. The van der Waals surface area contributed by atoms with Gasteiger partial charge in [0.15, 0.2) is 11.6 Å². The first-order valence-electron chi connectivity index (χ1n) is 12.5. The summed E-state index contributed by atoms with van der Waals surface area (Å²) in [4.78, 5) is 28.2. The number of fused-ring (bicyclic) bond motifs is 1. The van der Waals surface area contributed by atoms with Crippen LogP contribution >= 0.6 is 22.6 Å². The number of hydrogen-bond acceptors (Lipinski definition) is 6. The Bertz CT molecular complexity index is 1340. The van der Waals surface area contributed by atoms with Crippen LogP contribution in [-0.2, 0) is 27.4 Å². The number of hydrogen-bond donors (Lipinski definition) is 2. The van der Waals surface area contributed by atoms with E-state index >= 15 is 4.39 Å². The molecule has 1 amide bonds. The van der Waals surface area contributed by atoms with Gasteiger partial charge in [-0.2, -0.15) is 0 Å². The van der Waals surface area contributed by atoms with Gasteiger partial charge in [0.2, 0.25) is 0 Å². The van der Waals surface area contributed by atoms with E-state index in [-0.39, 0.29) is 12.2 Å². The van der Waals surface area contributed by atoms with E-state index in [4.69, 9.17) is 14.2 Å². The van der Waals surface area contributed by atoms with Crippen molar-refractivity contribution in [2.75, 3.05) is 6.61 Å². The van der Waals surface area contributed by atoms with Gasteiger partial charge in [-0.25, -0.2) is 19.0 Å². The molecule has 1 atom stereocenters. The number of nitrogens with one attached hydrogen (secondary N) is 1. The normalized spacial score (nSPS) is 12.8. The van der Waals surface area contributed by atoms with Crippen LogP contribution in [0.2, 0.25) is 25.7 Å². The average Bonchev–Trinajstić information content (AvgIpc) is 3.12. The average molecular weight is 672 g/mol. The highest BCUT2D eigenvalue weighted by Crippen LogP contribution is 2.34. The summed E-state index contributed by atoms with van der Waals surface area (Å²) in [5.74, 6) is -1.51. The zero-order valence-corrected chi connectivity index (χ0v) is 26.2. The third kappa shape index (κ3) is 9.17. The molecule has 0 bridgehead atoms. The zero-order chi connectivity index (χ0) is 29.0. The van der Waals surface area contributed by atoms with Gasteiger partial charge in [0.25, 0.3) is 0 Å². The van der Waals surface area contributed by atoms with Crippen LogP contribution in [0, 0.1) is 9.39 Å². The summed E-state index contributed by atoms with van der Waals surface area (Å²) in [6, 6.07) is 5.63. The first-order valence-corrected chi connectivity index (χ1v) is 17.3. The van der Waals surface area contributed by atoms with Crippen LogP contribution in [0.15, 0.2) is 36.7 Å². The Labute approximate surface area is 242 Å². The number of amides is 1. The smallest absolute Gasteiger partial charge is 0.408 e. The highest BCUT2D eigenvalue weighted by atomic mass is 127. The number of rotatable bonds is 11. The van der Waals surface area contributed by atoms with Crippen molar-refractivity contribution < 1.29 is 33.3 Å². The van der Waals surface area contributed by atoms with Crippen LogP contribution in [-0.4, -0.2) is 53.0 Å². The van der Waals surface area contributed by atoms with Gasteiger partial charge in [-0.15, -0.1) is 0 Å². The summed E-state index contributed by atoms with van der Waals surface area (Å²) in [6.07, 6.45) is 2.52. The minimum Gasteiger partial charge on any atom is -0.480 e. The molecule has 9 nitrogen and oxygen atoms in total. The first-order chi connectivity index (χ1) is 18.1. The summed E-state index contributed by atoms with van der Waals surface area (Å²) in [7, 11) is -1.20. The number of halogens is 2. The fourth-order valence-corrected chi connectivity index (χ4v) is 5.22. The lowest BCUT2D eigenvalue weighted by atomic mass is 10.1. The van der Waals surface area contributed by atoms with E-state index in [1.165, 1.54) is 12.1 Å². The summed E-state index contributed by atoms with van der Waals surface area (Å²) in [6.45, 7) is 12.9. The largest absolute Gasteiger partial charge is 0.480 e. The van der Waals surface area contributed by atoms with Crippen molar-refractivity contribution >= 4 is 53.8 Å². The Morgan fingerprint density at radius 1 is 1.21 bits per heavy atom. The maximum absolute atomic E-state index is 15.1. The van der Waals surface area contributed by atoms with Crippen LogP contribution in [0.25, 0.3) is 11.0 Å². The zero-order valence-electron chi connectivity index (χ0n) is 23.0. The van der Waals surface area contributed by atoms with E-state index in [1.54, 1.807) is 39.1 Å². The highest BCUT2D eigenvalue weighted by Gasteiger charge is 2.25. The predicted octanol–water partition coefficient (Wildman–Crippen LogP) is 6.41. The minimum atomic E-state index is -1.29. The second-order valence-electron chi connectivity index (χ2n) is 11.4. The number of carboxylic acids is 1. The SMILES string of the molecule is CC(C)(C)OC(=O)NC(Cc1ccc(Oc2ccnc3c2c(I)cn3COCC[Si](C)(C)C)c(F)c1)C(=O)O. The molecule has 3 aromatic rings. The second kappa shape index (κ2) is 12.6. The van der Waals surface area contributed by atoms with Gasteiger partial charge >= 0.3 is 12.1 Å². The van der Waals surface area contributed by atoms with Crippen molar-refractivity contribution in [2.24, 2.45) is 0 Å². The Balaban J connectivity index is 1.74. The number of alkyl carbamates (subject to hydrolysis) is 1. The second-order valence-corrected chi connectivity index (χ2v) is 18.2. The number of carboxylic acid groups (broad SMARTS) is 1. The van der Waals surface area contributed by atoms with E-state index in [1.807, 2.05) is 10.8 Å². The van der Waals surface area contributed by atoms with Crippen molar-refractivity contribution in [1.29, 1.82) is 0 Å². The molecule has 0 aliphatic heterocycles. The highest BCUT2D eigenvalue weighted by molar-refractivity contribution is 14.1. The number of nitrogens with zero attached hydrogens (tertiary/aromatic N) is 2. The standard InChI is InChI=1S/C27H35FIN3O6Si/c1-27(2,3)38-26(35)31-20(25(33)34)14-17-7-8-21(18(28)13-17)37-22-9-10-30-24-23(22)19(29)15-32(24)16-36-11-12-39(4,5)6/h7-10,13,15,20H,11-12,14,16H2,1-6H3,(H,31,35)(H,33,34). The summed E-state index contributed by atoms with van der Waals surface area (Å²) in [5, 5.41) is 12.6. The lowest BCUT2D eigenvalue weighted by Gasteiger charge is -2.22. The molecule has 3 rings (SSSR count). The van der Waals surface area contributed by atoms with Gasteiger partial charge < -0.3 is 29.2 Å². The molecule has 39 heavy (non-hydrogen) atoms. The molecule has 212 valence electrons. The lowest BCUT2D eigenvalue weighted by Crippen LogP contribution is -2.44. The molecule has 0 radical (unpaired) electrons. The third-order valence-corrected chi connectivity index (χ3v) is 8.07. The van der Waals surface area contributed by atoms with Crippen LogP contribution in [0.5, 0.6) is 11.5 Å². The Hall–Kier alpha value is -2.71. The molecular weight excluding hydrogens is 636 g/mol. The number of aliphatic carboxylic acids is 1. The molecule has 1 unspecified atom stereocenters. The third-order valence-electron chi connectivity index (χ3n) is 5.54. The molecule has 2 heterocycles. The number of benzene rings is 1. The van der Waals surface area contributed by atoms with Crippen molar-refractivity contribution in [1.82, 2.24) is 14.9 Å². The van der Waals surface area contributed by atoms with Gasteiger partial charge in [-0.05, 0) is 73.2 Å². The lowest BCUT2D eigenvalue weighted by molar-refractivity contribution is -0.139. The van der Waals surface area contributed by atoms with E-state index in [0.29, 0.717) is 30.3 Å². The van der Waals surface area contributed by atoms with Crippen LogP contribution in [0.4, 0.5) is 9.18 Å². The Morgan fingerprint density at radius 3 is 2.54 bits per heavy atom. The maximum atomic E-state index is 15.1. The fraction of sp³-hybridized carbons (Fsp3) is 0.444. The number of carbonyl (C=O) groups is 2. The number of ether oxygens (including phenoxy) is 3. The number of carbonyl (C=O) groups excluding carboxylic acids is 1. The van der Waals surface area contributed by atoms with E-state index < -0.39 is 37.6 Å².